The van der Waals surface area contributed by atoms with Crippen molar-refractivity contribution >= 4 is 6.47 Å². The minimum atomic E-state index is 0.0801. The number of ether oxygens (including phenoxy) is 1. The van der Waals surface area contributed by atoms with Gasteiger partial charge in [0.15, 0.2) is 0 Å². The number of carbonyl (C=O) groups excluding carboxylic acids is 1. The van der Waals surface area contributed by atoms with E-state index in [1.807, 2.05) is 6.92 Å². The third-order valence-electron chi connectivity index (χ3n) is 2.35. The van der Waals surface area contributed by atoms with Crippen LogP contribution in [0.5, 0.6) is 0 Å². The molecule has 0 aliphatic rings. The molecule has 0 heterocycles. The van der Waals surface area contributed by atoms with Gasteiger partial charge in [-0.25, -0.2) is 4.79 Å². The van der Waals surface area contributed by atoms with Crippen LogP contribution in [0.2, 0.25) is 0 Å². The molecule has 0 aliphatic heterocycles. The van der Waals surface area contributed by atoms with Crippen molar-refractivity contribution in [1.82, 2.24) is 0 Å². The molecule has 2 unspecified atom stereocenters. The maximum Gasteiger partial charge on any atom is 0.417 e. The van der Waals surface area contributed by atoms with Crippen molar-refractivity contribution in [2.45, 2.75) is 52.6 Å². The van der Waals surface area contributed by atoms with Crippen LogP contribution in [-0.2, 0) is 9.53 Å². The molecule has 1 radical (unpaired) electrons. The number of rotatable bonds is 7. The molecule has 2 heteroatoms. The van der Waals surface area contributed by atoms with Crippen LogP contribution in [-0.4, -0.2) is 12.6 Å². The average molecular weight is 171 g/mol. The summed E-state index contributed by atoms with van der Waals surface area (Å²) in [6, 6.07) is 0. The van der Waals surface area contributed by atoms with Gasteiger partial charge in [0.25, 0.3) is 0 Å². The summed E-state index contributed by atoms with van der Waals surface area (Å²) in [6.45, 7) is 7.94. The largest absolute Gasteiger partial charge is 0.454 e. The Bertz CT molecular complexity index is 112. The molecule has 2 nitrogen and oxygen atoms in total. The Kier molecular flexibility index (Phi) is 6.82. The molecule has 0 saturated carbocycles. The van der Waals surface area contributed by atoms with Crippen molar-refractivity contribution in [1.29, 1.82) is 0 Å². The van der Waals surface area contributed by atoms with E-state index in [0.717, 1.165) is 25.2 Å². The quantitative estimate of drug-likeness (QED) is 0.588. The normalized spacial score (nSPS) is 15.2. The van der Waals surface area contributed by atoms with Crippen LogP contribution in [0.15, 0.2) is 0 Å². The molecule has 0 spiro atoms. The van der Waals surface area contributed by atoms with Gasteiger partial charge in [0, 0.05) is 0 Å². The predicted octanol–water partition coefficient (Wildman–Crippen LogP) is 2.68. The zero-order valence-electron chi connectivity index (χ0n) is 8.30. The number of hydrogen-bond donors (Lipinski definition) is 0. The van der Waals surface area contributed by atoms with Crippen LogP contribution in [0.25, 0.3) is 0 Å². The highest BCUT2D eigenvalue weighted by Gasteiger charge is 2.08. The molecular weight excluding hydrogens is 152 g/mol. The minimum absolute atomic E-state index is 0.0801. The van der Waals surface area contributed by atoms with Crippen molar-refractivity contribution in [3.05, 3.63) is 0 Å². The van der Waals surface area contributed by atoms with E-state index in [-0.39, 0.29) is 6.10 Å². The standard InChI is InChI=1S/C10H19O2/c1-4-9(3)6-7-10(5-2)12-8-11/h9-10H,4-7H2,1-3H3. The topological polar surface area (TPSA) is 26.3 Å². The van der Waals surface area contributed by atoms with E-state index >= 15 is 0 Å². The van der Waals surface area contributed by atoms with Gasteiger partial charge in [-0.15, -0.1) is 0 Å². The zero-order chi connectivity index (χ0) is 9.40. The molecule has 0 aromatic heterocycles. The Morgan fingerprint density at radius 3 is 2.33 bits per heavy atom. The summed E-state index contributed by atoms with van der Waals surface area (Å²) in [6.07, 6.45) is 4.28. The third-order valence-corrected chi connectivity index (χ3v) is 2.35. The van der Waals surface area contributed by atoms with Gasteiger partial charge in [-0.3, -0.25) is 0 Å². The van der Waals surface area contributed by atoms with E-state index in [9.17, 15) is 4.79 Å². The van der Waals surface area contributed by atoms with Gasteiger partial charge in [0.05, 0.1) is 0 Å². The third kappa shape index (κ3) is 5.16. The molecule has 0 fully saturated rings. The minimum Gasteiger partial charge on any atom is -0.454 e. The molecule has 0 aromatic carbocycles. The van der Waals surface area contributed by atoms with Crippen LogP contribution < -0.4 is 0 Å². The molecule has 0 bridgehead atoms. The van der Waals surface area contributed by atoms with Gasteiger partial charge in [-0.05, 0) is 25.2 Å². The SMILES string of the molecule is CCC(C)CCC(CC)O[C]=O. The second kappa shape index (κ2) is 7.14. The Morgan fingerprint density at radius 1 is 1.25 bits per heavy atom. The lowest BCUT2D eigenvalue weighted by atomic mass is 10.00. The molecule has 71 valence electrons. The smallest absolute Gasteiger partial charge is 0.417 e. The molecule has 12 heavy (non-hydrogen) atoms. The molecule has 2 atom stereocenters. The second-order valence-electron chi connectivity index (χ2n) is 3.32. The Morgan fingerprint density at radius 2 is 1.92 bits per heavy atom. The first-order chi connectivity index (χ1) is 5.74. The van der Waals surface area contributed by atoms with Crippen LogP contribution in [0, 0.1) is 5.92 Å². The van der Waals surface area contributed by atoms with Gasteiger partial charge in [-0.2, -0.15) is 0 Å². The first kappa shape index (κ1) is 11.5. The maximum absolute atomic E-state index is 9.94. The van der Waals surface area contributed by atoms with Crippen LogP contribution in [0.1, 0.15) is 46.5 Å². The molecule has 0 amide bonds. The van der Waals surface area contributed by atoms with E-state index in [0.29, 0.717) is 0 Å². The fourth-order valence-corrected chi connectivity index (χ4v) is 1.09. The Labute approximate surface area is 75.3 Å². The maximum atomic E-state index is 9.94. The lowest BCUT2D eigenvalue weighted by Crippen LogP contribution is -2.11. The van der Waals surface area contributed by atoms with E-state index in [1.165, 1.54) is 12.9 Å². The van der Waals surface area contributed by atoms with Crippen molar-refractivity contribution in [3.8, 4) is 0 Å². The van der Waals surface area contributed by atoms with Gasteiger partial charge < -0.3 is 4.74 Å². The fourth-order valence-electron chi connectivity index (χ4n) is 1.09. The number of hydrogen-bond acceptors (Lipinski definition) is 2. The van der Waals surface area contributed by atoms with Crippen molar-refractivity contribution in [2.24, 2.45) is 5.92 Å². The first-order valence-corrected chi connectivity index (χ1v) is 4.77. The molecule has 0 saturated heterocycles. The second-order valence-corrected chi connectivity index (χ2v) is 3.32. The molecule has 0 aromatic rings. The Balaban J connectivity index is 3.49. The van der Waals surface area contributed by atoms with Gasteiger partial charge in [0.2, 0.25) is 0 Å². The molecule has 0 N–H and O–H groups in total. The lowest BCUT2D eigenvalue weighted by molar-refractivity contribution is 0.154. The summed E-state index contributed by atoms with van der Waals surface area (Å²) in [5.74, 6) is 0.731. The van der Waals surface area contributed by atoms with E-state index < -0.39 is 0 Å². The van der Waals surface area contributed by atoms with Gasteiger partial charge >= 0.3 is 6.47 Å². The van der Waals surface area contributed by atoms with Crippen LogP contribution in [0.3, 0.4) is 0 Å². The highest BCUT2D eigenvalue weighted by molar-refractivity contribution is 5.38. The van der Waals surface area contributed by atoms with Crippen molar-refractivity contribution in [3.63, 3.8) is 0 Å². The first-order valence-electron chi connectivity index (χ1n) is 4.77. The van der Waals surface area contributed by atoms with Crippen LogP contribution >= 0.6 is 0 Å². The fraction of sp³-hybridized carbons (Fsp3) is 0.900. The zero-order valence-corrected chi connectivity index (χ0v) is 8.30. The monoisotopic (exact) mass is 171 g/mol. The summed E-state index contributed by atoms with van der Waals surface area (Å²) in [4.78, 5) is 9.94. The van der Waals surface area contributed by atoms with Crippen molar-refractivity contribution < 1.29 is 9.53 Å². The molecule has 0 aliphatic carbocycles. The van der Waals surface area contributed by atoms with Crippen molar-refractivity contribution in [2.75, 3.05) is 0 Å². The summed E-state index contributed by atoms with van der Waals surface area (Å²) in [7, 11) is 0. The predicted molar refractivity (Wildman–Crippen MR) is 49.5 cm³/mol. The van der Waals surface area contributed by atoms with Gasteiger partial charge in [0.1, 0.15) is 6.10 Å². The van der Waals surface area contributed by atoms with E-state index in [4.69, 9.17) is 4.74 Å². The van der Waals surface area contributed by atoms with Gasteiger partial charge in [-0.1, -0.05) is 27.2 Å². The summed E-state index contributed by atoms with van der Waals surface area (Å²) in [5, 5.41) is 0. The highest BCUT2D eigenvalue weighted by atomic mass is 16.5. The highest BCUT2D eigenvalue weighted by Crippen LogP contribution is 2.14. The Hall–Kier alpha value is -0.530. The lowest BCUT2D eigenvalue weighted by Gasteiger charge is -2.14. The summed E-state index contributed by atoms with van der Waals surface area (Å²) < 4.78 is 4.78. The van der Waals surface area contributed by atoms with E-state index in [1.54, 1.807) is 0 Å². The van der Waals surface area contributed by atoms with E-state index in [2.05, 4.69) is 13.8 Å². The summed E-state index contributed by atoms with van der Waals surface area (Å²) in [5.41, 5.74) is 0. The van der Waals surface area contributed by atoms with Crippen LogP contribution in [0.4, 0.5) is 0 Å². The summed E-state index contributed by atoms with van der Waals surface area (Å²) >= 11 is 0. The average Bonchev–Trinajstić information content (AvgIpc) is 2.11. The molecular formula is C10H19O2. The molecule has 0 rings (SSSR count).